The minimum Gasteiger partial charge on any atom is -0.465 e. The van der Waals surface area contributed by atoms with Crippen LogP contribution in [-0.4, -0.2) is 47.2 Å². The zero-order valence-electron chi connectivity index (χ0n) is 9.77. The van der Waals surface area contributed by atoms with Crippen molar-refractivity contribution >= 4 is 22.0 Å². The van der Waals surface area contributed by atoms with E-state index in [1.807, 2.05) is 6.07 Å². The van der Waals surface area contributed by atoms with E-state index < -0.39 is 6.09 Å². The summed E-state index contributed by atoms with van der Waals surface area (Å²) in [6.07, 6.45) is -0.885. The van der Waals surface area contributed by atoms with Crippen LogP contribution in [0.3, 0.4) is 0 Å². The lowest BCUT2D eigenvalue weighted by atomic mass is 10.2. The van der Waals surface area contributed by atoms with E-state index in [9.17, 15) is 9.18 Å². The molecule has 1 aromatic rings. The van der Waals surface area contributed by atoms with Gasteiger partial charge in [-0.15, -0.1) is 0 Å². The van der Waals surface area contributed by atoms with Crippen LogP contribution in [0, 0.1) is 5.82 Å². The minimum atomic E-state index is -0.885. The summed E-state index contributed by atoms with van der Waals surface area (Å²) < 4.78 is 14.4. The molecule has 1 fully saturated rings. The molecule has 1 aliphatic rings. The van der Waals surface area contributed by atoms with E-state index in [-0.39, 0.29) is 5.82 Å². The number of carboxylic acid groups (broad SMARTS) is 1. The predicted molar refractivity (Wildman–Crippen MR) is 69.0 cm³/mol. The van der Waals surface area contributed by atoms with Gasteiger partial charge in [0.2, 0.25) is 0 Å². The molecule has 1 heterocycles. The number of piperazine rings is 1. The lowest BCUT2D eigenvalue weighted by Crippen LogP contribution is -2.47. The normalized spacial score (nSPS) is 16.9. The summed E-state index contributed by atoms with van der Waals surface area (Å²) in [4.78, 5) is 14.2. The Balaban J connectivity index is 1.93. The fraction of sp³-hybridized carbons (Fsp3) is 0.417. The second kappa shape index (κ2) is 5.67. The maximum absolute atomic E-state index is 13.6. The number of carbonyl (C=O) groups is 1. The van der Waals surface area contributed by atoms with Gasteiger partial charge in [0, 0.05) is 42.8 Å². The summed E-state index contributed by atoms with van der Waals surface area (Å²) in [5.41, 5.74) is 0.641. The van der Waals surface area contributed by atoms with Gasteiger partial charge in [-0.05, 0) is 12.1 Å². The first kappa shape index (κ1) is 13.3. The molecule has 1 N–H and O–H groups in total. The molecule has 0 bridgehead atoms. The smallest absolute Gasteiger partial charge is 0.407 e. The molecule has 0 aromatic heterocycles. The zero-order chi connectivity index (χ0) is 13.1. The highest BCUT2D eigenvalue weighted by Gasteiger charge is 2.20. The summed E-state index contributed by atoms with van der Waals surface area (Å²) in [6, 6.07) is 5.01. The second-order valence-electron chi connectivity index (χ2n) is 4.28. The summed E-state index contributed by atoms with van der Waals surface area (Å²) >= 11 is 3.22. The van der Waals surface area contributed by atoms with E-state index in [4.69, 9.17) is 5.11 Å². The quantitative estimate of drug-likeness (QED) is 0.911. The Morgan fingerprint density at radius 2 is 2.00 bits per heavy atom. The van der Waals surface area contributed by atoms with E-state index in [1.165, 1.54) is 11.0 Å². The average Bonchev–Trinajstić information content (AvgIpc) is 2.33. The van der Waals surface area contributed by atoms with Gasteiger partial charge < -0.3 is 10.0 Å². The number of hydrogen-bond donors (Lipinski definition) is 1. The summed E-state index contributed by atoms with van der Waals surface area (Å²) in [5.74, 6) is -0.231. The van der Waals surface area contributed by atoms with Crippen LogP contribution in [0.1, 0.15) is 5.56 Å². The van der Waals surface area contributed by atoms with Crippen LogP contribution in [0.4, 0.5) is 9.18 Å². The van der Waals surface area contributed by atoms with E-state index in [0.717, 1.165) is 4.47 Å². The lowest BCUT2D eigenvalue weighted by molar-refractivity contribution is 0.102. The molecule has 18 heavy (non-hydrogen) atoms. The van der Waals surface area contributed by atoms with Crippen molar-refractivity contribution in [3.8, 4) is 0 Å². The van der Waals surface area contributed by atoms with Crippen molar-refractivity contribution in [1.82, 2.24) is 9.80 Å². The Morgan fingerprint density at radius 3 is 2.56 bits per heavy atom. The fourth-order valence-electron chi connectivity index (χ4n) is 1.99. The van der Waals surface area contributed by atoms with E-state index in [1.54, 1.807) is 6.07 Å². The molecule has 4 nitrogen and oxygen atoms in total. The van der Waals surface area contributed by atoms with Crippen LogP contribution >= 0.6 is 15.9 Å². The largest absolute Gasteiger partial charge is 0.465 e. The van der Waals surface area contributed by atoms with Gasteiger partial charge in [0.1, 0.15) is 5.82 Å². The summed E-state index contributed by atoms with van der Waals surface area (Å²) in [5, 5.41) is 8.83. The standard InChI is InChI=1S/C12H14BrFN2O2/c13-10-2-1-9(11(14)7-10)8-15-3-5-16(6-4-15)12(17)18/h1-2,7H,3-6,8H2,(H,17,18). The van der Waals surface area contributed by atoms with Gasteiger partial charge in [-0.1, -0.05) is 22.0 Å². The Morgan fingerprint density at radius 1 is 1.33 bits per heavy atom. The SMILES string of the molecule is O=C(O)N1CCN(Cc2ccc(Br)cc2F)CC1. The topological polar surface area (TPSA) is 43.8 Å². The van der Waals surface area contributed by atoms with Crippen LogP contribution in [0.25, 0.3) is 0 Å². The number of hydrogen-bond acceptors (Lipinski definition) is 2. The van der Waals surface area contributed by atoms with Gasteiger partial charge in [0.25, 0.3) is 0 Å². The van der Waals surface area contributed by atoms with Gasteiger partial charge in [-0.25, -0.2) is 9.18 Å². The summed E-state index contributed by atoms with van der Waals surface area (Å²) in [7, 11) is 0. The first-order valence-corrected chi connectivity index (χ1v) is 6.50. The molecular formula is C12H14BrFN2O2. The molecule has 2 rings (SSSR count). The molecule has 1 saturated heterocycles. The van der Waals surface area contributed by atoms with E-state index in [2.05, 4.69) is 20.8 Å². The zero-order valence-corrected chi connectivity index (χ0v) is 11.4. The molecule has 6 heteroatoms. The highest BCUT2D eigenvalue weighted by Crippen LogP contribution is 2.17. The van der Waals surface area contributed by atoms with E-state index in [0.29, 0.717) is 38.3 Å². The van der Waals surface area contributed by atoms with Gasteiger partial charge in [0.15, 0.2) is 0 Å². The van der Waals surface area contributed by atoms with Crippen LogP contribution in [0.15, 0.2) is 22.7 Å². The highest BCUT2D eigenvalue weighted by molar-refractivity contribution is 9.10. The lowest BCUT2D eigenvalue weighted by Gasteiger charge is -2.33. The van der Waals surface area contributed by atoms with Crippen LogP contribution in [0.5, 0.6) is 0 Å². The Kier molecular flexibility index (Phi) is 4.19. The van der Waals surface area contributed by atoms with Crippen molar-refractivity contribution in [2.24, 2.45) is 0 Å². The van der Waals surface area contributed by atoms with Gasteiger partial charge in [-0.2, -0.15) is 0 Å². The monoisotopic (exact) mass is 316 g/mol. The molecule has 0 unspecified atom stereocenters. The van der Waals surface area contributed by atoms with Crippen LogP contribution in [0.2, 0.25) is 0 Å². The van der Waals surface area contributed by atoms with Crippen molar-refractivity contribution in [3.63, 3.8) is 0 Å². The third-order valence-electron chi connectivity index (χ3n) is 3.05. The van der Waals surface area contributed by atoms with E-state index >= 15 is 0 Å². The number of amides is 1. The molecule has 1 aliphatic heterocycles. The molecule has 1 aromatic carbocycles. The third-order valence-corrected chi connectivity index (χ3v) is 3.55. The van der Waals surface area contributed by atoms with Crippen molar-refractivity contribution in [2.45, 2.75) is 6.54 Å². The maximum Gasteiger partial charge on any atom is 0.407 e. The molecule has 98 valence electrons. The van der Waals surface area contributed by atoms with Crippen LogP contribution < -0.4 is 0 Å². The third kappa shape index (κ3) is 3.20. The predicted octanol–water partition coefficient (Wildman–Crippen LogP) is 2.38. The van der Waals surface area contributed by atoms with Gasteiger partial charge in [0.05, 0.1) is 0 Å². The molecule has 0 aliphatic carbocycles. The molecular weight excluding hydrogens is 303 g/mol. The van der Waals surface area contributed by atoms with Crippen molar-refractivity contribution in [3.05, 3.63) is 34.1 Å². The maximum atomic E-state index is 13.6. The highest BCUT2D eigenvalue weighted by atomic mass is 79.9. The average molecular weight is 317 g/mol. The number of nitrogens with zero attached hydrogens (tertiary/aromatic N) is 2. The second-order valence-corrected chi connectivity index (χ2v) is 5.20. The van der Waals surface area contributed by atoms with Crippen LogP contribution in [-0.2, 0) is 6.54 Å². The number of benzene rings is 1. The molecule has 1 amide bonds. The van der Waals surface area contributed by atoms with Crippen molar-refractivity contribution in [2.75, 3.05) is 26.2 Å². The fourth-order valence-corrected chi connectivity index (χ4v) is 2.32. The van der Waals surface area contributed by atoms with Crippen molar-refractivity contribution in [1.29, 1.82) is 0 Å². The van der Waals surface area contributed by atoms with Gasteiger partial charge >= 0.3 is 6.09 Å². The van der Waals surface area contributed by atoms with Crippen molar-refractivity contribution < 1.29 is 14.3 Å². The first-order valence-electron chi connectivity index (χ1n) is 5.70. The number of halogens is 2. The first-order chi connectivity index (χ1) is 8.56. The molecule has 0 radical (unpaired) electrons. The Bertz CT molecular complexity index is 448. The summed E-state index contributed by atoms with van der Waals surface area (Å²) in [6.45, 7) is 2.76. The molecule has 0 saturated carbocycles. The molecule has 0 atom stereocenters. The molecule has 0 spiro atoms. The Labute approximate surface area is 113 Å². The minimum absolute atomic E-state index is 0.231. The van der Waals surface area contributed by atoms with Gasteiger partial charge in [-0.3, -0.25) is 4.90 Å². The number of rotatable bonds is 2. The Hall–Kier alpha value is -1.14.